The van der Waals surface area contributed by atoms with E-state index in [2.05, 4.69) is 10.2 Å². The predicted molar refractivity (Wildman–Crippen MR) is 112 cm³/mol. The van der Waals surface area contributed by atoms with Gasteiger partial charge in [0.05, 0.1) is 0 Å². The Morgan fingerprint density at radius 2 is 1.32 bits per heavy atom. The smallest absolute Gasteiger partial charge is 1.00 e. The fourth-order valence-corrected chi connectivity index (χ4v) is 3.87. The van der Waals surface area contributed by atoms with Crippen LogP contribution in [0.4, 0.5) is 11.4 Å². The minimum Gasteiger partial charge on any atom is -1.00 e. The van der Waals surface area contributed by atoms with Gasteiger partial charge in [-0.1, -0.05) is 60.7 Å². The maximum Gasteiger partial charge on any atom is 2.00 e. The molecule has 6 nitrogen and oxygen atoms in total. The van der Waals surface area contributed by atoms with Crippen molar-refractivity contribution in [3.8, 4) is 5.75 Å². The normalized spacial score (nSPS) is 11.8. The van der Waals surface area contributed by atoms with E-state index >= 15 is 0 Å². The summed E-state index contributed by atoms with van der Waals surface area (Å²) in [5.41, 5.74) is 0.214. The number of phenols is 1. The number of azo groups is 1. The van der Waals surface area contributed by atoms with Crippen LogP contribution in [0.15, 0.2) is 87.9 Å². The van der Waals surface area contributed by atoms with Gasteiger partial charge in [-0.3, -0.25) is 4.55 Å². The number of aromatic hydroxyl groups is 1. The van der Waals surface area contributed by atoms with Crippen molar-refractivity contribution >= 4 is 91.9 Å². The second-order valence-corrected chi connectivity index (χ2v) is 7.32. The SMILES string of the molecule is O=S(=O)(O)c1c(N=Nc2c(O)ccc3ccccc23)ccc2ccccc12.[Ba+2].[H-].[H-]. The first-order valence-corrected chi connectivity index (χ1v) is 9.51. The maximum absolute atomic E-state index is 12.0. The zero-order valence-corrected chi connectivity index (χ0v) is 19.9. The Kier molecular flexibility index (Phi) is 6.25. The van der Waals surface area contributed by atoms with Crippen molar-refractivity contribution in [2.45, 2.75) is 4.90 Å². The first-order chi connectivity index (χ1) is 12.9. The molecule has 0 amide bonds. The molecule has 0 aromatic heterocycles. The minimum absolute atomic E-state index is 0. The average Bonchev–Trinajstić information content (AvgIpc) is 2.66. The Bertz CT molecular complexity index is 1330. The number of rotatable bonds is 3. The van der Waals surface area contributed by atoms with E-state index in [4.69, 9.17) is 0 Å². The maximum atomic E-state index is 12.0. The topological polar surface area (TPSA) is 99.3 Å². The van der Waals surface area contributed by atoms with Crippen LogP contribution in [-0.4, -0.2) is 67.0 Å². The molecule has 4 aromatic rings. The van der Waals surface area contributed by atoms with Crippen LogP contribution in [0.1, 0.15) is 2.85 Å². The molecule has 4 aromatic carbocycles. The van der Waals surface area contributed by atoms with E-state index in [0.717, 1.165) is 5.39 Å². The Labute approximate surface area is 204 Å². The third-order valence-electron chi connectivity index (χ3n) is 4.25. The van der Waals surface area contributed by atoms with Crippen molar-refractivity contribution < 1.29 is 20.9 Å². The first kappa shape index (κ1) is 21.0. The van der Waals surface area contributed by atoms with Gasteiger partial charge >= 0.3 is 48.9 Å². The molecule has 2 N–H and O–H groups in total. The molecule has 0 bridgehead atoms. The number of benzene rings is 4. The van der Waals surface area contributed by atoms with Crippen LogP contribution in [0.5, 0.6) is 5.75 Å². The Morgan fingerprint density at radius 3 is 2.00 bits per heavy atom. The van der Waals surface area contributed by atoms with Gasteiger partial charge < -0.3 is 7.96 Å². The van der Waals surface area contributed by atoms with Gasteiger partial charge in [0.15, 0.2) is 0 Å². The zero-order chi connectivity index (χ0) is 19.0. The van der Waals surface area contributed by atoms with Crippen molar-refractivity contribution in [1.82, 2.24) is 0 Å². The molecule has 0 atom stereocenters. The molecule has 0 unspecified atom stereocenters. The summed E-state index contributed by atoms with van der Waals surface area (Å²) in [6.07, 6.45) is 0. The molecule has 0 saturated heterocycles. The second-order valence-electron chi connectivity index (χ2n) is 5.96. The van der Waals surface area contributed by atoms with Crippen LogP contribution in [-0.2, 0) is 10.1 Å². The molecule has 0 aliphatic heterocycles. The van der Waals surface area contributed by atoms with Gasteiger partial charge in [-0.25, -0.2) is 0 Å². The molecule has 4 rings (SSSR count). The number of hydrogen-bond acceptors (Lipinski definition) is 5. The van der Waals surface area contributed by atoms with E-state index in [1.807, 2.05) is 12.1 Å². The number of hydrogen-bond donors (Lipinski definition) is 2. The molecule has 28 heavy (non-hydrogen) atoms. The van der Waals surface area contributed by atoms with E-state index in [9.17, 15) is 18.1 Å². The monoisotopic (exact) mass is 518 g/mol. The van der Waals surface area contributed by atoms with Crippen LogP contribution in [0.25, 0.3) is 21.5 Å². The number of fused-ring (bicyclic) bond motifs is 2. The fourth-order valence-electron chi connectivity index (χ4n) is 3.03. The fraction of sp³-hybridized carbons (Fsp3) is 0. The van der Waals surface area contributed by atoms with E-state index in [1.165, 1.54) is 12.1 Å². The summed E-state index contributed by atoms with van der Waals surface area (Å²) in [4.78, 5) is -0.316. The van der Waals surface area contributed by atoms with Gasteiger partial charge in [0.1, 0.15) is 22.0 Å². The first-order valence-electron chi connectivity index (χ1n) is 8.07. The molecule has 0 spiro atoms. The van der Waals surface area contributed by atoms with Crippen molar-refractivity contribution in [3.63, 3.8) is 0 Å². The van der Waals surface area contributed by atoms with Crippen LogP contribution >= 0.6 is 0 Å². The quantitative estimate of drug-likeness (QED) is 0.221. The van der Waals surface area contributed by atoms with E-state index in [-0.39, 0.29) is 73.8 Å². The van der Waals surface area contributed by atoms with Crippen LogP contribution in [0, 0.1) is 0 Å². The van der Waals surface area contributed by atoms with Crippen molar-refractivity contribution in [2.75, 3.05) is 0 Å². The molecule has 0 fully saturated rings. The van der Waals surface area contributed by atoms with Crippen molar-refractivity contribution in [3.05, 3.63) is 72.8 Å². The van der Waals surface area contributed by atoms with Gasteiger partial charge in [-0.15, -0.1) is 10.2 Å². The summed E-state index contributed by atoms with van der Waals surface area (Å²) in [6.45, 7) is 0. The Morgan fingerprint density at radius 1 is 0.750 bits per heavy atom. The predicted octanol–water partition coefficient (Wildman–Crippen LogP) is 5.20. The van der Waals surface area contributed by atoms with Crippen molar-refractivity contribution in [1.29, 1.82) is 0 Å². The molecule has 0 aliphatic carbocycles. The second kappa shape index (κ2) is 8.34. The minimum atomic E-state index is -4.53. The van der Waals surface area contributed by atoms with E-state index in [0.29, 0.717) is 16.2 Å². The summed E-state index contributed by atoms with van der Waals surface area (Å²) >= 11 is 0. The van der Waals surface area contributed by atoms with Crippen molar-refractivity contribution in [2.24, 2.45) is 10.2 Å². The Hall–Kier alpha value is -1.72. The summed E-state index contributed by atoms with van der Waals surface area (Å²) < 4.78 is 33.6. The zero-order valence-electron chi connectivity index (χ0n) is 16.6. The largest absolute Gasteiger partial charge is 2.00 e. The summed E-state index contributed by atoms with van der Waals surface area (Å²) in [5, 5.41) is 20.8. The van der Waals surface area contributed by atoms with Gasteiger partial charge in [-0.2, -0.15) is 8.42 Å². The average molecular weight is 518 g/mol. The van der Waals surface area contributed by atoms with E-state index < -0.39 is 10.1 Å². The third kappa shape index (κ3) is 4.01. The van der Waals surface area contributed by atoms with Crippen LogP contribution in [0.2, 0.25) is 0 Å². The number of phenolic OH excluding ortho intramolecular Hbond substituents is 1. The molecule has 0 saturated carbocycles. The summed E-state index contributed by atoms with van der Waals surface area (Å²) in [5.74, 6) is -0.0772. The summed E-state index contributed by atoms with van der Waals surface area (Å²) in [7, 11) is -4.53. The van der Waals surface area contributed by atoms with E-state index in [1.54, 1.807) is 48.5 Å². The molecular weight excluding hydrogens is 502 g/mol. The molecule has 8 heteroatoms. The third-order valence-corrected chi connectivity index (χ3v) is 5.20. The molecule has 0 radical (unpaired) electrons. The molecular formula is C20H16BaN2O4S. The van der Waals surface area contributed by atoms with Crippen LogP contribution < -0.4 is 0 Å². The van der Waals surface area contributed by atoms with Gasteiger partial charge in [0.2, 0.25) is 0 Å². The van der Waals surface area contributed by atoms with Gasteiger partial charge in [0.25, 0.3) is 10.1 Å². The van der Waals surface area contributed by atoms with Gasteiger partial charge in [-0.05, 0) is 22.9 Å². The van der Waals surface area contributed by atoms with Crippen LogP contribution in [0.3, 0.4) is 0 Å². The standard InChI is InChI=1S/C20H14N2O4S.Ba.2H/c23-18-12-10-13-5-1-3-7-15(13)19(18)22-21-17-11-9-14-6-2-4-8-16(14)20(17)27(24,25)26;;;/h1-12,23H,(H,24,25,26);;;/q;+2;2*-1. The number of nitrogens with zero attached hydrogens (tertiary/aromatic N) is 2. The molecule has 138 valence electrons. The Balaban J connectivity index is 0.00000150. The van der Waals surface area contributed by atoms with Gasteiger partial charge in [0, 0.05) is 10.8 Å². The summed E-state index contributed by atoms with van der Waals surface area (Å²) in [6, 6.07) is 20.5. The molecule has 0 aliphatic rings. The molecule has 0 heterocycles.